The lowest BCUT2D eigenvalue weighted by Crippen LogP contribution is -2.45. The molecule has 4 aromatic rings. The van der Waals surface area contributed by atoms with E-state index in [1.807, 2.05) is 19.1 Å². The SMILES string of the molecule is COc1ccc(-c2cc(=O)c3c(O)c4c(cc3o2)OC(N)=C(C#N)C42C(=O)N(C)c3ccc(C)cc32)c(OC)c1. The zero-order chi connectivity index (χ0) is 28.5. The molecule has 0 radical (unpaired) electrons. The third-order valence-corrected chi connectivity index (χ3v) is 7.50. The van der Waals surface area contributed by atoms with Crippen LogP contribution in [0.4, 0.5) is 5.69 Å². The predicted octanol–water partition coefficient (Wildman–Crippen LogP) is 3.84. The summed E-state index contributed by atoms with van der Waals surface area (Å²) in [6, 6.07) is 15.0. The Labute approximate surface area is 228 Å². The highest BCUT2D eigenvalue weighted by atomic mass is 16.5. The summed E-state index contributed by atoms with van der Waals surface area (Å²) >= 11 is 0. The van der Waals surface area contributed by atoms with Crippen LogP contribution in [0.5, 0.6) is 23.0 Å². The van der Waals surface area contributed by atoms with Gasteiger partial charge in [-0.2, -0.15) is 5.26 Å². The number of carbonyl (C=O) groups is 1. The van der Waals surface area contributed by atoms with Crippen molar-refractivity contribution in [3.05, 3.63) is 86.9 Å². The Balaban J connectivity index is 1.69. The number of amides is 1. The van der Waals surface area contributed by atoms with Crippen LogP contribution < -0.4 is 30.3 Å². The van der Waals surface area contributed by atoms with Crippen molar-refractivity contribution in [3.63, 3.8) is 0 Å². The quantitative estimate of drug-likeness (QED) is 0.398. The molecule has 3 heterocycles. The van der Waals surface area contributed by atoms with Gasteiger partial charge in [-0.1, -0.05) is 17.7 Å². The molecule has 1 spiro atoms. The number of methoxy groups -OCH3 is 2. The first-order chi connectivity index (χ1) is 19.2. The van der Waals surface area contributed by atoms with Crippen LogP contribution in [0.2, 0.25) is 0 Å². The number of ether oxygens (including phenoxy) is 3. The van der Waals surface area contributed by atoms with Gasteiger partial charge in [0.1, 0.15) is 56.8 Å². The van der Waals surface area contributed by atoms with Crippen LogP contribution in [0.1, 0.15) is 16.7 Å². The number of phenols is 1. The van der Waals surface area contributed by atoms with Gasteiger partial charge in [0.2, 0.25) is 11.8 Å². The lowest BCUT2D eigenvalue weighted by Gasteiger charge is -2.34. The van der Waals surface area contributed by atoms with Crippen molar-refractivity contribution in [3.8, 4) is 40.4 Å². The van der Waals surface area contributed by atoms with Crippen LogP contribution in [-0.4, -0.2) is 32.3 Å². The van der Waals surface area contributed by atoms with Gasteiger partial charge in [-0.05, 0) is 25.1 Å². The van der Waals surface area contributed by atoms with Crippen molar-refractivity contribution in [1.82, 2.24) is 0 Å². The van der Waals surface area contributed by atoms with Crippen LogP contribution in [0, 0.1) is 18.3 Å². The number of hydrogen-bond acceptors (Lipinski definition) is 9. The third-order valence-electron chi connectivity index (χ3n) is 7.50. The van der Waals surface area contributed by atoms with Crippen molar-refractivity contribution in [1.29, 1.82) is 5.26 Å². The van der Waals surface area contributed by atoms with Crippen LogP contribution in [0.25, 0.3) is 22.3 Å². The van der Waals surface area contributed by atoms with Crippen molar-refractivity contribution in [2.75, 3.05) is 26.2 Å². The number of carbonyl (C=O) groups excluding carboxylic acids is 1. The molecule has 0 bridgehead atoms. The summed E-state index contributed by atoms with van der Waals surface area (Å²) in [4.78, 5) is 29.0. The topological polar surface area (TPSA) is 148 Å². The molecule has 200 valence electrons. The standard InChI is InChI=1S/C30H23N3O7/c1-14-5-8-19-17(9-14)30(29(36)33(19)2)18(13-31)28(32)40-24-12-23-25(27(35)26(24)30)20(34)11-22(39-23)16-7-6-15(37-3)10-21(16)38-4/h5-12,35H,32H2,1-4H3. The minimum absolute atomic E-state index is 0.0109. The summed E-state index contributed by atoms with van der Waals surface area (Å²) in [6.45, 7) is 1.85. The van der Waals surface area contributed by atoms with Gasteiger partial charge >= 0.3 is 0 Å². The number of benzene rings is 3. The molecule has 1 atom stereocenters. The third kappa shape index (κ3) is 3.09. The van der Waals surface area contributed by atoms with Crippen molar-refractivity contribution in [2.24, 2.45) is 5.73 Å². The first kappa shape index (κ1) is 24.9. The second-order valence-electron chi connectivity index (χ2n) is 9.60. The lowest BCUT2D eigenvalue weighted by molar-refractivity contribution is -0.120. The average molecular weight is 538 g/mol. The second kappa shape index (κ2) is 8.54. The number of nitriles is 1. The van der Waals surface area contributed by atoms with Crippen molar-refractivity contribution < 1.29 is 28.5 Å². The molecule has 6 rings (SSSR count). The predicted molar refractivity (Wildman–Crippen MR) is 146 cm³/mol. The van der Waals surface area contributed by atoms with E-state index in [9.17, 15) is 20.0 Å². The molecular weight excluding hydrogens is 514 g/mol. The maximum Gasteiger partial charge on any atom is 0.247 e. The molecule has 0 aliphatic carbocycles. The van der Waals surface area contributed by atoms with E-state index >= 15 is 0 Å². The lowest BCUT2D eigenvalue weighted by atomic mass is 9.68. The fourth-order valence-electron chi connectivity index (χ4n) is 5.68. The van der Waals surface area contributed by atoms with E-state index in [-0.39, 0.29) is 39.5 Å². The first-order valence-corrected chi connectivity index (χ1v) is 12.2. The number of fused-ring (bicyclic) bond motifs is 5. The number of aromatic hydroxyl groups is 1. The summed E-state index contributed by atoms with van der Waals surface area (Å²) in [5, 5.41) is 21.7. The van der Waals surface area contributed by atoms with Crippen molar-refractivity contribution in [2.45, 2.75) is 12.3 Å². The molecule has 0 fully saturated rings. The van der Waals surface area contributed by atoms with Crippen LogP contribution >= 0.6 is 0 Å². The number of anilines is 1. The Morgan fingerprint density at radius 2 is 1.85 bits per heavy atom. The molecule has 0 saturated heterocycles. The molecule has 3 aromatic carbocycles. The Hall–Kier alpha value is -5.43. The molecule has 1 amide bonds. The molecular formula is C30H23N3O7. The fraction of sp³-hybridized carbons (Fsp3) is 0.167. The molecule has 0 saturated carbocycles. The number of aryl methyl sites for hydroxylation is 1. The van der Waals surface area contributed by atoms with E-state index in [0.29, 0.717) is 28.3 Å². The summed E-state index contributed by atoms with van der Waals surface area (Å²) in [6.07, 6.45) is 0. The minimum atomic E-state index is -1.83. The van der Waals surface area contributed by atoms with Gasteiger partial charge in [0, 0.05) is 36.5 Å². The Morgan fingerprint density at radius 1 is 1.07 bits per heavy atom. The van der Waals surface area contributed by atoms with Crippen LogP contribution in [0.3, 0.4) is 0 Å². The van der Waals surface area contributed by atoms with Gasteiger partial charge in [-0.15, -0.1) is 0 Å². The molecule has 1 unspecified atom stereocenters. The van der Waals surface area contributed by atoms with Gasteiger partial charge in [-0.3, -0.25) is 9.59 Å². The number of nitrogens with two attached hydrogens (primary N) is 1. The van der Waals surface area contributed by atoms with Gasteiger partial charge in [0.15, 0.2) is 5.43 Å². The Morgan fingerprint density at radius 3 is 2.55 bits per heavy atom. The molecule has 40 heavy (non-hydrogen) atoms. The maximum absolute atomic E-state index is 14.1. The first-order valence-electron chi connectivity index (χ1n) is 12.2. The van der Waals surface area contributed by atoms with Crippen LogP contribution in [0.15, 0.2) is 69.2 Å². The van der Waals surface area contributed by atoms with Gasteiger partial charge in [0.25, 0.3) is 0 Å². The number of rotatable bonds is 3. The Bertz CT molecular complexity index is 1920. The van der Waals surface area contributed by atoms with E-state index in [1.54, 1.807) is 37.4 Å². The smallest absolute Gasteiger partial charge is 0.247 e. The normalized spacial score (nSPS) is 17.5. The van der Waals surface area contributed by atoms with Gasteiger partial charge < -0.3 is 34.4 Å². The molecule has 2 aliphatic heterocycles. The number of hydrogen-bond donors (Lipinski definition) is 2. The molecule has 1 aromatic heterocycles. The summed E-state index contributed by atoms with van der Waals surface area (Å²) in [5.41, 5.74) is 5.87. The molecule has 10 nitrogen and oxygen atoms in total. The largest absolute Gasteiger partial charge is 0.507 e. The Kier molecular flexibility index (Phi) is 5.31. The highest BCUT2D eigenvalue weighted by molar-refractivity contribution is 6.15. The zero-order valence-corrected chi connectivity index (χ0v) is 22.0. The highest BCUT2D eigenvalue weighted by Gasteiger charge is 2.60. The van der Waals surface area contributed by atoms with E-state index in [2.05, 4.69) is 0 Å². The summed E-state index contributed by atoms with van der Waals surface area (Å²) in [5.74, 6) is -0.245. The van der Waals surface area contributed by atoms with E-state index in [1.165, 1.54) is 31.3 Å². The average Bonchev–Trinajstić information content (AvgIpc) is 3.14. The van der Waals surface area contributed by atoms with Gasteiger partial charge in [0.05, 0.1) is 25.3 Å². The van der Waals surface area contributed by atoms with Gasteiger partial charge in [-0.25, -0.2) is 0 Å². The van der Waals surface area contributed by atoms with Crippen molar-refractivity contribution >= 4 is 22.6 Å². The summed E-state index contributed by atoms with van der Waals surface area (Å²) < 4.78 is 22.6. The highest BCUT2D eigenvalue weighted by Crippen LogP contribution is 2.58. The molecule has 3 N–H and O–H groups in total. The van der Waals surface area contributed by atoms with E-state index < -0.39 is 22.5 Å². The van der Waals surface area contributed by atoms with Crippen LogP contribution in [-0.2, 0) is 10.2 Å². The number of nitrogens with zero attached hydrogens (tertiary/aromatic N) is 2. The van der Waals surface area contributed by atoms with E-state index in [0.717, 1.165) is 5.56 Å². The minimum Gasteiger partial charge on any atom is -0.507 e. The molecule has 2 aliphatic rings. The zero-order valence-electron chi connectivity index (χ0n) is 22.0. The monoisotopic (exact) mass is 537 g/mol. The number of likely N-dealkylation sites (N-methyl/N-ethyl adjacent to an activating group) is 1. The van der Waals surface area contributed by atoms with E-state index in [4.69, 9.17) is 24.4 Å². The fourth-order valence-corrected chi connectivity index (χ4v) is 5.68. The second-order valence-corrected chi connectivity index (χ2v) is 9.60. The molecule has 10 heteroatoms. The number of phenolic OH excluding ortho intramolecular Hbond substituents is 1. The maximum atomic E-state index is 14.1. The summed E-state index contributed by atoms with van der Waals surface area (Å²) in [7, 11) is 4.57.